The number of benzene rings is 1. The Kier molecular flexibility index (Phi) is 4.96. The number of hydrogen-bond donors (Lipinski definition) is 0. The van der Waals surface area contributed by atoms with E-state index in [1.54, 1.807) is 23.2 Å². The Balaban J connectivity index is 1.38. The van der Waals surface area contributed by atoms with Crippen LogP contribution < -0.4 is 4.74 Å². The molecule has 0 N–H and O–H groups in total. The molecule has 0 saturated carbocycles. The van der Waals surface area contributed by atoms with Crippen LogP contribution in [0.2, 0.25) is 0 Å². The molecule has 1 aromatic carbocycles. The molecule has 2 aromatic heterocycles. The van der Waals surface area contributed by atoms with Gasteiger partial charge in [-0.25, -0.2) is 13.6 Å². The Labute approximate surface area is 159 Å². The van der Waals surface area contributed by atoms with E-state index in [4.69, 9.17) is 9.15 Å². The molecule has 28 heavy (non-hydrogen) atoms. The Bertz CT molecular complexity index is 972. The van der Waals surface area contributed by atoms with Gasteiger partial charge in [0.1, 0.15) is 11.6 Å². The fourth-order valence-electron chi connectivity index (χ4n) is 3.05. The SMILES string of the molecule is O=C(Oc1cccnc1)N1CCC(c2nnc(-c3cc(F)ccc3F)o2)CC1. The highest BCUT2D eigenvalue weighted by Gasteiger charge is 2.29. The number of likely N-dealkylation sites (tertiary alicyclic amines) is 1. The highest BCUT2D eigenvalue weighted by Crippen LogP contribution is 2.30. The molecule has 4 rings (SSSR count). The van der Waals surface area contributed by atoms with Crippen molar-refractivity contribution in [2.75, 3.05) is 13.1 Å². The van der Waals surface area contributed by atoms with Gasteiger partial charge in [-0.15, -0.1) is 10.2 Å². The summed E-state index contributed by atoms with van der Waals surface area (Å²) in [6, 6.07) is 6.40. The normalized spacial score (nSPS) is 14.9. The van der Waals surface area contributed by atoms with Gasteiger partial charge >= 0.3 is 6.09 Å². The van der Waals surface area contributed by atoms with E-state index in [1.165, 1.54) is 6.20 Å². The van der Waals surface area contributed by atoms with Crippen LogP contribution in [0.25, 0.3) is 11.5 Å². The molecule has 144 valence electrons. The first kappa shape index (κ1) is 18.0. The number of carbonyl (C=O) groups excluding carboxylic acids is 1. The van der Waals surface area contributed by atoms with Gasteiger partial charge in [-0.3, -0.25) is 4.98 Å². The Morgan fingerprint density at radius 1 is 1.18 bits per heavy atom. The van der Waals surface area contributed by atoms with E-state index >= 15 is 0 Å². The monoisotopic (exact) mass is 386 g/mol. The van der Waals surface area contributed by atoms with Crippen LogP contribution >= 0.6 is 0 Å². The van der Waals surface area contributed by atoms with Gasteiger partial charge in [0, 0.05) is 25.2 Å². The van der Waals surface area contributed by atoms with Gasteiger partial charge < -0.3 is 14.1 Å². The largest absolute Gasteiger partial charge is 0.420 e. The summed E-state index contributed by atoms with van der Waals surface area (Å²) in [7, 11) is 0. The maximum atomic E-state index is 13.9. The van der Waals surface area contributed by atoms with Crippen molar-refractivity contribution in [3.05, 3.63) is 60.3 Å². The number of pyridine rings is 1. The molecule has 0 bridgehead atoms. The minimum absolute atomic E-state index is 0.0644. The molecule has 7 nitrogen and oxygen atoms in total. The third kappa shape index (κ3) is 3.83. The van der Waals surface area contributed by atoms with E-state index in [0.717, 1.165) is 18.2 Å². The van der Waals surface area contributed by atoms with E-state index in [2.05, 4.69) is 15.2 Å². The number of amides is 1. The van der Waals surface area contributed by atoms with Crippen LogP contribution in [-0.2, 0) is 0 Å². The van der Waals surface area contributed by atoms with Gasteiger partial charge in [0.05, 0.1) is 11.8 Å². The van der Waals surface area contributed by atoms with Crippen molar-refractivity contribution < 1.29 is 22.7 Å². The average Bonchev–Trinajstić information content (AvgIpc) is 3.21. The summed E-state index contributed by atoms with van der Waals surface area (Å²) in [6.45, 7) is 0.908. The molecule has 0 radical (unpaired) electrons. The lowest BCUT2D eigenvalue weighted by molar-refractivity contribution is 0.136. The zero-order chi connectivity index (χ0) is 19.5. The van der Waals surface area contributed by atoms with Crippen molar-refractivity contribution in [2.45, 2.75) is 18.8 Å². The number of rotatable bonds is 3. The van der Waals surface area contributed by atoms with Crippen LogP contribution in [0.4, 0.5) is 13.6 Å². The lowest BCUT2D eigenvalue weighted by atomic mass is 9.97. The minimum atomic E-state index is -0.635. The maximum Gasteiger partial charge on any atom is 0.415 e. The van der Waals surface area contributed by atoms with E-state index in [-0.39, 0.29) is 17.4 Å². The van der Waals surface area contributed by atoms with Crippen molar-refractivity contribution in [3.63, 3.8) is 0 Å². The molecule has 1 saturated heterocycles. The number of ether oxygens (including phenoxy) is 1. The lowest BCUT2D eigenvalue weighted by Gasteiger charge is -2.29. The summed E-state index contributed by atoms with van der Waals surface area (Å²) >= 11 is 0. The number of aromatic nitrogens is 3. The highest BCUT2D eigenvalue weighted by molar-refractivity contribution is 5.70. The van der Waals surface area contributed by atoms with E-state index in [0.29, 0.717) is 37.6 Å². The van der Waals surface area contributed by atoms with Gasteiger partial charge in [0.2, 0.25) is 5.89 Å². The predicted molar refractivity (Wildman–Crippen MR) is 93.5 cm³/mol. The second-order valence-corrected chi connectivity index (χ2v) is 6.39. The van der Waals surface area contributed by atoms with Crippen molar-refractivity contribution in [1.29, 1.82) is 0 Å². The van der Waals surface area contributed by atoms with Gasteiger partial charge in [-0.05, 0) is 43.2 Å². The Morgan fingerprint density at radius 3 is 2.75 bits per heavy atom. The third-order valence-electron chi connectivity index (χ3n) is 4.54. The average molecular weight is 386 g/mol. The maximum absolute atomic E-state index is 13.9. The van der Waals surface area contributed by atoms with Gasteiger partial charge in [0.15, 0.2) is 5.75 Å². The smallest absolute Gasteiger partial charge is 0.415 e. The van der Waals surface area contributed by atoms with Crippen LogP contribution in [0.5, 0.6) is 5.75 Å². The Hall–Kier alpha value is -3.36. The van der Waals surface area contributed by atoms with Gasteiger partial charge in [-0.2, -0.15) is 0 Å². The summed E-state index contributed by atoms with van der Waals surface area (Å²) in [5.41, 5.74) is -0.0729. The minimum Gasteiger partial charge on any atom is -0.420 e. The fraction of sp³-hybridized carbons (Fsp3) is 0.263. The predicted octanol–water partition coefficient (Wildman–Crippen LogP) is 3.79. The molecule has 3 aromatic rings. The summed E-state index contributed by atoms with van der Waals surface area (Å²) in [4.78, 5) is 17.7. The molecular weight excluding hydrogens is 370 g/mol. The van der Waals surface area contributed by atoms with Crippen LogP contribution in [0, 0.1) is 11.6 Å². The summed E-state index contributed by atoms with van der Waals surface area (Å²) in [5.74, 6) is -0.626. The highest BCUT2D eigenvalue weighted by atomic mass is 19.1. The quantitative estimate of drug-likeness (QED) is 0.681. The van der Waals surface area contributed by atoms with Gasteiger partial charge in [0.25, 0.3) is 5.89 Å². The standard InChI is InChI=1S/C19H16F2N4O3/c20-13-3-4-16(21)15(10-13)18-24-23-17(28-18)12-5-8-25(9-6-12)19(26)27-14-2-1-7-22-11-14/h1-4,7,10-12H,5-6,8-9H2. The lowest BCUT2D eigenvalue weighted by Crippen LogP contribution is -2.39. The second-order valence-electron chi connectivity index (χ2n) is 6.39. The molecule has 3 heterocycles. The van der Waals surface area contributed by atoms with E-state index < -0.39 is 17.7 Å². The molecule has 1 aliphatic rings. The van der Waals surface area contributed by atoms with Crippen molar-refractivity contribution in [1.82, 2.24) is 20.1 Å². The molecule has 0 spiro atoms. The zero-order valence-corrected chi connectivity index (χ0v) is 14.7. The fourth-order valence-corrected chi connectivity index (χ4v) is 3.05. The van der Waals surface area contributed by atoms with Crippen molar-refractivity contribution in [3.8, 4) is 17.2 Å². The molecule has 1 fully saturated rings. The summed E-state index contributed by atoms with van der Waals surface area (Å²) in [6.07, 6.45) is 3.80. The summed E-state index contributed by atoms with van der Waals surface area (Å²) < 4.78 is 38.1. The van der Waals surface area contributed by atoms with E-state index in [9.17, 15) is 13.6 Å². The molecule has 0 unspecified atom stereocenters. The van der Waals surface area contributed by atoms with Crippen LogP contribution in [0.3, 0.4) is 0 Å². The summed E-state index contributed by atoms with van der Waals surface area (Å²) in [5, 5.41) is 7.81. The number of nitrogens with zero attached hydrogens (tertiary/aromatic N) is 4. The van der Waals surface area contributed by atoms with Crippen molar-refractivity contribution >= 4 is 6.09 Å². The van der Waals surface area contributed by atoms with E-state index in [1.807, 2.05) is 0 Å². The molecule has 0 aliphatic carbocycles. The molecular formula is C19H16F2N4O3. The van der Waals surface area contributed by atoms with Gasteiger partial charge in [-0.1, -0.05) is 0 Å². The zero-order valence-electron chi connectivity index (χ0n) is 14.7. The van der Waals surface area contributed by atoms with Crippen LogP contribution in [0.1, 0.15) is 24.7 Å². The van der Waals surface area contributed by atoms with Crippen LogP contribution in [0.15, 0.2) is 47.1 Å². The topological polar surface area (TPSA) is 81.4 Å². The molecule has 0 atom stereocenters. The first-order valence-corrected chi connectivity index (χ1v) is 8.76. The molecule has 1 aliphatic heterocycles. The van der Waals surface area contributed by atoms with Crippen molar-refractivity contribution in [2.24, 2.45) is 0 Å². The van der Waals surface area contributed by atoms with Crippen LogP contribution in [-0.4, -0.2) is 39.3 Å². The third-order valence-corrected chi connectivity index (χ3v) is 4.54. The number of hydrogen-bond acceptors (Lipinski definition) is 6. The number of carbonyl (C=O) groups is 1. The Morgan fingerprint density at radius 2 is 2.00 bits per heavy atom. The first-order chi connectivity index (χ1) is 13.6. The second kappa shape index (κ2) is 7.71. The number of piperidine rings is 1. The number of halogens is 2. The first-order valence-electron chi connectivity index (χ1n) is 8.76. The molecule has 1 amide bonds. The molecule has 9 heteroatoms.